The third-order valence-electron chi connectivity index (χ3n) is 3.77. The van der Waals surface area contributed by atoms with Gasteiger partial charge in [-0.15, -0.1) is 0 Å². The van der Waals surface area contributed by atoms with E-state index in [1.807, 2.05) is 4.90 Å². The predicted octanol–water partition coefficient (Wildman–Crippen LogP) is 3.13. The molecule has 2 rings (SSSR count). The van der Waals surface area contributed by atoms with E-state index in [0.29, 0.717) is 13.1 Å². The lowest BCUT2D eigenvalue weighted by Crippen LogP contribution is -2.52. The van der Waals surface area contributed by atoms with Crippen molar-refractivity contribution in [3.05, 3.63) is 24.4 Å². The van der Waals surface area contributed by atoms with Crippen molar-refractivity contribution in [3.8, 4) is 0 Å². The van der Waals surface area contributed by atoms with Crippen LogP contribution in [-0.2, 0) is 4.74 Å². The number of hydrogen-bond donors (Lipinski definition) is 0. The van der Waals surface area contributed by atoms with E-state index in [1.54, 1.807) is 31.4 Å². The number of carbonyl (C=O) groups is 1. The second-order valence-electron chi connectivity index (χ2n) is 5.10. The Hall–Kier alpha value is -1.50. The Morgan fingerprint density at radius 2 is 1.95 bits per heavy atom. The SMILES string of the molecule is CCOC(=O)N1C=CC=CC1N1CCC(C(F)(F)F)CC1. The zero-order valence-electron chi connectivity index (χ0n) is 11.8. The maximum Gasteiger partial charge on any atom is 0.415 e. The normalized spacial score (nSPS) is 24.4. The molecule has 2 aliphatic heterocycles. The Balaban J connectivity index is 1.99. The molecule has 1 amide bonds. The second-order valence-corrected chi connectivity index (χ2v) is 5.10. The molecule has 1 unspecified atom stereocenters. The van der Waals surface area contributed by atoms with Crippen LogP contribution in [0.15, 0.2) is 24.4 Å². The fourth-order valence-electron chi connectivity index (χ4n) is 2.64. The van der Waals surface area contributed by atoms with Gasteiger partial charge in [-0.05, 0) is 31.9 Å². The third-order valence-corrected chi connectivity index (χ3v) is 3.77. The van der Waals surface area contributed by atoms with Crippen LogP contribution in [0.3, 0.4) is 0 Å². The minimum absolute atomic E-state index is 0.0637. The summed E-state index contributed by atoms with van der Waals surface area (Å²) in [6.45, 7) is 2.59. The van der Waals surface area contributed by atoms with E-state index >= 15 is 0 Å². The van der Waals surface area contributed by atoms with E-state index in [9.17, 15) is 18.0 Å². The number of likely N-dealkylation sites (tertiary alicyclic amines) is 1. The molecule has 7 heteroatoms. The smallest absolute Gasteiger partial charge is 0.415 e. The first kappa shape index (κ1) is 15.9. The minimum Gasteiger partial charge on any atom is -0.449 e. The Kier molecular flexibility index (Phi) is 4.92. The molecule has 1 atom stereocenters. The summed E-state index contributed by atoms with van der Waals surface area (Å²) >= 11 is 0. The largest absolute Gasteiger partial charge is 0.449 e. The zero-order chi connectivity index (χ0) is 15.5. The van der Waals surface area contributed by atoms with Gasteiger partial charge >= 0.3 is 12.3 Å². The molecule has 0 aromatic carbocycles. The average molecular weight is 304 g/mol. The molecular weight excluding hydrogens is 285 g/mol. The van der Waals surface area contributed by atoms with Crippen LogP contribution in [-0.4, -0.2) is 47.9 Å². The summed E-state index contributed by atoms with van der Waals surface area (Å²) in [5.74, 6) is -1.24. The molecule has 1 fully saturated rings. The van der Waals surface area contributed by atoms with Crippen molar-refractivity contribution in [1.29, 1.82) is 0 Å². The first-order chi connectivity index (χ1) is 9.93. The summed E-state index contributed by atoms with van der Waals surface area (Å²) in [5.41, 5.74) is 0. The summed E-state index contributed by atoms with van der Waals surface area (Å²) in [6.07, 6.45) is 2.02. The van der Waals surface area contributed by atoms with Crippen LogP contribution in [0.1, 0.15) is 19.8 Å². The number of hydrogen-bond acceptors (Lipinski definition) is 3. The van der Waals surface area contributed by atoms with E-state index in [2.05, 4.69) is 0 Å². The third kappa shape index (κ3) is 3.78. The fourth-order valence-corrected chi connectivity index (χ4v) is 2.64. The van der Waals surface area contributed by atoms with E-state index in [4.69, 9.17) is 4.74 Å². The monoisotopic (exact) mass is 304 g/mol. The molecular formula is C14H19F3N2O2. The Morgan fingerprint density at radius 1 is 1.29 bits per heavy atom. The van der Waals surface area contributed by atoms with Crippen molar-refractivity contribution >= 4 is 6.09 Å². The molecule has 2 heterocycles. The standard InChI is InChI=1S/C14H19F3N2O2/c1-2-21-13(20)19-8-4-3-5-12(19)18-9-6-11(7-10-18)14(15,16)17/h3-5,8,11-12H,2,6-7,9-10H2,1H3. The van der Waals surface area contributed by atoms with Crippen LogP contribution < -0.4 is 0 Å². The van der Waals surface area contributed by atoms with E-state index in [1.165, 1.54) is 4.90 Å². The van der Waals surface area contributed by atoms with Crippen LogP contribution in [0.5, 0.6) is 0 Å². The number of nitrogens with zero attached hydrogens (tertiary/aromatic N) is 2. The lowest BCUT2D eigenvalue weighted by Gasteiger charge is -2.40. The number of rotatable bonds is 2. The van der Waals surface area contributed by atoms with Gasteiger partial charge in [0.1, 0.15) is 6.17 Å². The molecule has 0 radical (unpaired) electrons. The first-order valence-corrected chi connectivity index (χ1v) is 7.04. The number of halogens is 3. The van der Waals surface area contributed by atoms with Gasteiger partial charge in [0.05, 0.1) is 12.5 Å². The Morgan fingerprint density at radius 3 is 2.52 bits per heavy atom. The summed E-state index contributed by atoms with van der Waals surface area (Å²) in [5, 5.41) is 0. The molecule has 0 aliphatic carbocycles. The van der Waals surface area contributed by atoms with Crippen LogP contribution >= 0.6 is 0 Å². The maximum absolute atomic E-state index is 12.7. The van der Waals surface area contributed by atoms with Gasteiger partial charge in [-0.2, -0.15) is 13.2 Å². The molecule has 0 aromatic rings. The Labute approximate surface area is 121 Å². The van der Waals surface area contributed by atoms with Crippen molar-refractivity contribution < 1.29 is 22.7 Å². The fraction of sp³-hybridized carbons (Fsp3) is 0.643. The van der Waals surface area contributed by atoms with Crippen molar-refractivity contribution in [2.45, 2.75) is 32.1 Å². The zero-order valence-corrected chi connectivity index (χ0v) is 11.8. The topological polar surface area (TPSA) is 32.8 Å². The summed E-state index contributed by atoms with van der Waals surface area (Å²) < 4.78 is 43.0. The summed E-state index contributed by atoms with van der Waals surface area (Å²) in [4.78, 5) is 15.2. The predicted molar refractivity (Wildman–Crippen MR) is 71.3 cm³/mol. The average Bonchev–Trinajstić information content (AvgIpc) is 2.47. The highest BCUT2D eigenvalue weighted by Gasteiger charge is 2.42. The minimum atomic E-state index is -4.13. The van der Waals surface area contributed by atoms with E-state index in [-0.39, 0.29) is 25.6 Å². The molecule has 0 saturated carbocycles. The van der Waals surface area contributed by atoms with E-state index in [0.717, 1.165) is 0 Å². The van der Waals surface area contributed by atoms with Crippen LogP contribution in [0, 0.1) is 5.92 Å². The second kappa shape index (κ2) is 6.51. The van der Waals surface area contributed by atoms with Crippen LogP contribution in [0.25, 0.3) is 0 Å². The van der Waals surface area contributed by atoms with E-state index < -0.39 is 18.2 Å². The molecule has 0 N–H and O–H groups in total. The lowest BCUT2D eigenvalue weighted by molar-refractivity contribution is -0.186. The van der Waals surface area contributed by atoms with Gasteiger partial charge in [-0.1, -0.05) is 6.08 Å². The molecule has 0 bridgehead atoms. The van der Waals surface area contributed by atoms with Gasteiger partial charge < -0.3 is 4.74 Å². The highest BCUT2D eigenvalue weighted by molar-refractivity contribution is 5.70. The number of ether oxygens (including phenoxy) is 1. The quantitative estimate of drug-likeness (QED) is 0.786. The van der Waals surface area contributed by atoms with Gasteiger partial charge in [-0.25, -0.2) is 4.79 Å². The lowest BCUT2D eigenvalue weighted by atomic mass is 9.95. The molecule has 118 valence electrons. The Bertz CT molecular complexity index is 426. The molecule has 4 nitrogen and oxygen atoms in total. The van der Waals surface area contributed by atoms with Crippen molar-refractivity contribution in [1.82, 2.24) is 9.80 Å². The number of piperidine rings is 1. The molecule has 0 spiro atoms. The molecule has 0 aromatic heterocycles. The van der Waals surface area contributed by atoms with Gasteiger partial charge in [0.25, 0.3) is 0 Å². The van der Waals surface area contributed by atoms with Gasteiger partial charge in [0.15, 0.2) is 0 Å². The van der Waals surface area contributed by atoms with Gasteiger partial charge in [-0.3, -0.25) is 9.80 Å². The van der Waals surface area contributed by atoms with Crippen LogP contribution in [0.4, 0.5) is 18.0 Å². The highest BCUT2D eigenvalue weighted by atomic mass is 19.4. The number of amides is 1. The number of carbonyl (C=O) groups excluding carboxylic acids is 1. The van der Waals surface area contributed by atoms with Crippen molar-refractivity contribution in [2.75, 3.05) is 19.7 Å². The maximum atomic E-state index is 12.7. The van der Waals surface area contributed by atoms with Gasteiger partial charge in [0.2, 0.25) is 0 Å². The molecule has 21 heavy (non-hydrogen) atoms. The van der Waals surface area contributed by atoms with Gasteiger partial charge in [0, 0.05) is 19.3 Å². The molecule has 2 aliphatic rings. The van der Waals surface area contributed by atoms with Crippen LogP contribution in [0.2, 0.25) is 0 Å². The first-order valence-electron chi connectivity index (χ1n) is 7.04. The summed E-state index contributed by atoms with van der Waals surface area (Å²) in [6, 6.07) is 0. The highest BCUT2D eigenvalue weighted by Crippen LogP contribution is 2.35. The summed E-state index contributed by atoms with van der Waals surface area (Å²) in [7, 11) is 0. The number of allylic oxidation sites excluding steroid dienone is 2. The van der Waals surface area contributed by atoms with Crippen molar-refractivity contribution in [2.24, 2.45) is 5.92 Å². The number of alkyl halides is 3. The van der Waals surface area contributed by atoms with Crippen molar-refractivity contribution in [3.63, 3.8) is 0 Å². The molecule has 1 saturated heterocycles.